The van der Waals surface area contributed by atoms with Gasteiger partial charge in [0.1, 0.15) is 11.6 Å². The second-order valence-corrected chi connectivity index (χ2v) is 5.68. The molecule has 1 atom stereocenters. The largest absolute Gasteiger partial charge is 0.356 e. The van der Waals surface area contributed by atoms with Gasteiger partial charge in [0, 0.05) is 31.4 Å². The van der Waals surface area contributed by atoms with Crippen LogP contribution in [0.1, 0.15) is 44.6 Å². The molecule has 1 aliphatic rings. The van der Waals surface area contributed by atoms with Crippen LogP contribution in [0, 0.1) is 12.8 Å². The lowest BCUT2D eigenvalue weighted by atomic mass is 10.1. The molecule has 0 radical (unpaired) electrons. The summed E-state index contributed by atoms with van der Waals surface area (Å²) in [6.07, 6.45) is 0.895. The van der Waals surface area contributed by atoms with Crippen molar-refractivity contribution in [1.82, 2.24) is 15.3 Å². The number of carbonyl (C=O) groups is 1. The summed E-state index contributed by atoms with van der Waals surface area (Å²) >= 11 is 0. The Morgan fingerprint density at radius 2 is 2.25 bits per heavy atom. The molecule has 0 spiro atoms. The maximum absolute atomic E-state index is 11.9. The Balaban J connectivity index is 2.12. The van der Waals surface area contributed by atoms with Gasteiger partial charge in [-0.05, 0) is 26.2 Å². The van der Waals surface area contributed by atoms with Gasteiger partial charge in [-0.3, -0.25) is 4.79 Å². The fraction of sp³-hybridized carbons (Fsp3) is 0.667. The molecule has 1 saturated heterocycles. The van der Waals surface area contributed by atoms with E-state index in [4.69, 9.17) is 0 Å². The summed E-state index contributed by atoms with van der Waals surface area (Å²) in [6.45, 7) is 10.5. The van der Waals surface area contributed by atoms with Crippen molar-refractivity contribution < 1.29 is 4.79 Å². The minimum absolute atomic E-state index is 0.0766. The first kappa shape index (κ1) is 14.8. The molecule has 20 heavy (non-hydrogen) atoms. The Bertz CT molecular complexity index is 487. The number of aromatic nitrogens is 2. The molecule has 1 amide bonds. The third kappa shape index (κ3) is 3.26. The third-order valence-electron chi connectivity index (χ3n) is 3.67. The fourth-order valence-corrected chi connectivity index (χ4v) is 2.53. The number of aryl methyl sites for hydroxylation is 1. The van der Waals surface area contributed by atoms with Crippen molar-refractivity contribution >= 4 is 11.7 Å². The highest BCUT2D eigenvalue weighted by molar-refractivity contribution is 5.79. The van der Waals surface area contributed by atoms with Crippen LogP contribution >= 0.6 is 0 Å². The van der Waals surface area contributed by atoms with Gasteiger partial charge in [-0.25, -0.2) is 9.97 Å². The Labute approximate surface area is 120 Å². The molecule has 1 aromatic heterocycles. The molecule has 0 bridgehead atoms. The number of rotatable bonds is 4. The van der Waals surface area contributed by atoms with Crippen LogP contribution in [-0.2, 0) is 4.79 Å². The van der Waals surface area contributed by atoms with Gasteiger partial charge in [-0.1, -0.05) is 13.8 Å². The van der Waals surface area contributed by atoms with Crippen LogP contribution in [-0.4, -0.2) is 35.5 Å². The second-order valence-electron chi connectivity index (χ2n) is 5.68. The van der Waals surface area contributed by atoms with Crippen molar-refractivity contribution in [2.24, 2.45) is 5.92 Å². The van der Waals surface area contributed by atoms with Crippen LogP contribution in [0.5, 0.6) is 0 Å². The van der Waals surface area contributed by atoms with Gasteiger partial charge in [0.15, 0.2) is 0 Å². The molecule has 5 nitrogen and oxygen atoms in total. The predicted octanol–water partition coefficient (Wildman–Crippen LogP) is 1.87. The summed E-state index contributed by atoms with van der Waals surface area (Å²) in [6, 6.07) is 2.05. The van der Waals surface area contributed by atoms with E-state index in [1.54, 1.807) is 0 Å². The average Bonchev–Trinajstić information content (AvgIpc) is 2.88. The highest BCUT2D eigenvalue weighted by Crippen LogP contribution is 2.24. The van der Waals surface area contributed by atoms with Crippen LogP contribution in [0.4, 0.5) is 5.82 Å². The van der Waals surface area contributed by atoms with Crippen molar-refractivity contribution in [2.75, 3.05) is 24.5 Å². The van der Waals surface area contributed by atoms with E-state index in [0.29, 0.717) is 12.5 Å². The highest BCUT2D eigenvalue weighted by atomic mass is 16.1. The summed E-state index contributed by atoms with van der Waals surface area (Å²) in [5.74, 6) is 2.37. The number of amides is 1. The minimum Gasteiger partial charge on any atom is -0.356 e. The first-order chi connectivity index (χ1) is 9.51. The number of hydrogen-bond donors (Lipinski definition) is 1. The Kier molecular flexibility index (Phi) is 4.57. The lowest BCUT2D eigenvalue weighted by Crippen LogP contribution is -2.32. The fourth-order valence-electron chi connectivity index (χ4n) is 2.53. The van der Waals surface area contributed by atoms with Gasteiger partial charge in [-0.15, -0.1) is 0 Å². The maximum Gasteiger partial charge on any atom is 0.224 e. The van der Waals surface area contributed by atoms with E-state index < -0.39 is 0 Å². The molecule has 1 aliphatic heterocycles. The summed E-state index contributed by atoms with van der Waals surface area (Å²) in [5, 5.41) is 2.90. The molecule has 2 heterocycles. The zero-order valence-electron chi connectivity index (χ0n) is 12.8. The van der Waals surface area contributed by atoms with Gasteiger partial charge in [0.2, 0.25) is 5.91 Å². The Morgan fingerprint density at radius 3 is 2.90 bits per heavy atom. The second kappa shape index (κ2) is 6.20. The van der Waals surface area contributed by atoms with Crippen LogP contribution < -0.4 is 10.2 Å². The number of nitrogens with one attached hydrogen (secondary N) is 1. The lowest BCUT2D eigenvalue weighted by Gasteiger charge is -2.19. The molecule has 0 aromatic carbocycles. The van der Waals surface area contributed by atoms with Crippen LogP contribution in [0.25, 0.3) is 0 Å². The summed E-state index contributed by atoms with van der Waals surface area (Å²) < 4.78 is 0. The third-order valence-corrected chi connectivity index (χ3v) is 3.67. The normalized spacial score (nSPS) is 18.6. The van der Waals surface area contributed by atoms with E-state index in [2.05, 4.69) is 40.1 Å². The molecule has 5 heteroatoms. The zero-order chi connectivity index (χ0) is 14.7. The summed E-state index contributed by atoms with van der Waals surface area (Å²) in [7, 11) is 0. The smallest absolute Gasteiger partial charge is 0.224 e. The highest BCUT2D eigenvalue weighted by Gasteiger charge is 2.29. The maximum atomic E-state index is 11.9. The monoisotopic (exact) mass is 276 g/mol. The van der Waals surface area contributed by atoms with Gasteiger partial charge in [0.25, 0.3) is 0 Å². The summed E-state index contributed by atoms with van der Waals surface area (Å²) in [5.41, 5.74) is 1.06. The molecule has 1 aromatic rings. The van der Waals surface area contributed by atoms with Crippen molar-refractivity contribution in [3.63, 3.8) is 0 Å². The molecule has 1 N–H and O–H groups in total. The van der Waals surface area contributed by atoms with E-state index >= 15 is 0 Å². The van der Waals surface area contributed by atoms with Crippen molar-refractivity contribution in [3.05, 3.63) is 17.6 Å². The van der Waals surface area contributed by atoms with Crippen molar-refractivity contribution in [3.8, 4) is 0 Å². The topological polar surface area (TPSA) is 58.1 Å². The predicted molar refractivity (Wildman–Crippen MR) is 79.9 cm³/mol. The van der Waals surface area contributed by atoms with Gasteiger partial charge in [0.05, 0.1) is 5.92 Å². The van der Waals surface area contributed by atoms with Crippen LogP contribution in [0.3, 0.4) is 0 Å². The number of hydrogen-bond acceptors (Lipinski definition) is 4. The molecule has 110 valence electrons. The molecular weight excluding hydrogens is 252 g/mol. The SMILES string of the molecule is CCNC(=O)[C@H]1CCN(c2cc(C(C)C)nc(C)n2)C1. The molecule has 0 aliphatic carbocycles. The van der Waals surface area contributed by atoms with Crippen LogP contribution in [0.2, 0.25) is 0 Å². The first-order valence-electron chi connectivity index (χ1n) is 7.39. The quantitative estimate of drug-likeness (QED) is 0.912. The number of anilines is 1. The van der Waals surface area contributed by atoms with E-state index in [1.807, 2.05) is 13.8 Å². The van der Waals surface area contributed by atoms with E-state index in [-0.39, 0.29) is 11.8 Å². The van der Waals surface area contributed by atoms with E-state index in [9.17, 15) is 4.79 Å². The van der Waals surface area contributed by atoms with E-state index in [1.165, 1.54) is 0 Å². The minimum atomic E-state index is 0.0766. The average molecular weight is 276 g/mol. The Morgan fingerprint density at radius 1 is 1.50 bits per heavy atom. The number of carbonyl (C=O) groups excluding carboxylic acids is 1. The molecule has 0 saturated carbocycles. The molecule has 1 fully saturated rings. The lowest BCUT2D eigenvalue weighted by molar-refractivity contribution is -0.124. The molecule has 0 unspecified atom stereocenters. The zero-order valence-corrected chi connectivity index (χ0v) is 12.8. The Hall–Kier alpha value is -1.65. The van der Waals surface area contributed by atoms with Crippen molar-refractivity contribution in [2.45, 2.75) is 40.0 Å². The van der Waals surface area contributed by atoms with Gasteiger partial charge in [-0.2, -0.15) is 0 Å². The van der Waals surface area contributed by atoms with Gasteiger partial charge < -0.3 is 10.2 Å². The summed E-state index contributed by atoms with van der Waals surface area (Å²) in [4.78, 5) is 23.1. The standard InChI is InChI=1S/C15H24N4O/c1-5-16-15(20)12-6-7-19(9-12)14-8-13(10(2)3)17-11(4)18-14/h8,10,12H,5-7,9H2,1-4H3,(H,16,20)/t12-/m0/s1. The van der Waals surface area contributed by atoms with E-state index in [0.717, 1.165) is 36.8 Å². The van der Waals surface area contributed by atoms with Gasteiger partial charge >= 0.3 is 0 Å². The number of nitrogens with zero attached hydrogens (tertiary/aromatic N) is 3. The molecule has 2 rings (SSSR count). The van der Waals surface area contributed by atoms with Crippen molar-refractivity contribution in [1.29, 1.82) is 0 Å². The first-order valence-corrected chi connectivity index (χ1v) is 7.39. The van der Waals surface area contributed by atoms with Crippen LogP contribution in [0.15, 0.2) is 6.07 Å². The molecular formula is C15H24N4O.